The number of thiazole rings is 1. The summed E-state index contributed by atoms with van der Waals surface area (Å²) in [7, 11) is 0. The van der Waals surface area contributed by atoms with Crippen LogP contribution in [-0.2, 0) is 12.8 Å². The molecule has 0 aliphatic heterocycles. The minimum atomic E-state index is 0.753. The van der Waals surface area contributed by atoms with Gasteiger partial charge in [0.15, 0.2) is 5.13 Å². The molecular weight excluding hydrogens is 208 g/mol. The highest BCUT2D eigenvalue weighted by Gasteiger charge is 2.17. The molecule has 2 aromatic heterocycles. The predicted molar refractivity (Wildman–Crippen MR) is 60.3 cm³/mol. The molecule has 0 radical (unpaired) electrons. The van der Waals surface area contributed by atoms with Gasteiger partial charge in [0.25, 0.3) is 0 Å². The average molecular weight is 220 g/mol. The number of fused-ring (bicyclic) bond motifs is 1. The molecule has 0 aromatic carbocycles. The Morgan fingerprint density at radius 1 is 1.27 bits per heavy atom. The van der Waals surface area contributed by atoms with Crippen LogP contribution in [0.1, 0.15) is 24.2 Å². The fraction of sp³-hybridized carbons (Fsp3) is 0.400. The zero-order chi connectivity index (χ0) is 10.3. The molecule has 0 saturated heterocycles. The number of nitrogens with two attached hydrogens (primary N) is 1. The molecule has 2 N–H and O–H groups in total. The fourth-order valence-corrected chi connectivity index (χ4v) is 2.70. The van der Waals surface area contributed by atoms with Crippen LogP contribution in [0.4, 0.5) is 5.00 Å². The van der Waals surface area contributed by atoms with E-state index in [1.54, 1.807) is 6.20 Å². The van der Waals surface area contributed by atoms with E-state index in [0.29, 0.717) is 0 Å². The van der Waals surface area contributed by atoms with Gasteiger partial charge in [-0.05, 0) is 25.7 Å². The van der Waals surface area contributed by atoms with Crippen LogP contribution in [0.3, 0.4) is 0 Å². The maximum Gasteiger partial charge on any atom is 0.196 e. The number of hydrogen-bond acceptors (Lipinski definition) is 4. The van der Waals surface area contributed by atoms with Crippen molar-refractivity contribution in [1.29, 1.82) is 0 Å². The first kappa shape index (κ1) is 8.91. The van der Waals surface area contributed by atoms with Gasteiger partial charge in [-0.1, -0.05) is 11.3 Å². The molecule has 78 valence electrons. The molecule has 0 spiro atoms. The smallest absolute Gasteiger partial charge is 0.196 e. The highest BCUT2D eigenvalue weighted by atomic mass is 32.1. The van der Waals surface area contributed by atoms with Crippen LogP contribution in [0.25, 0.3) is 5.13 Å². The highest BCUT2D eigenvalue weighted by molar-refractivity contribution is 7.17. The molecule has 15 heavy (non-hydrogen) atoms. The minimum absolute atomic E-state index is 0.753. The van der Waals surface area contributed by atoms with Crippen molar-refractivity contribution < 1.29 is 0 Å². The molecule has 0 atom stereocenters. The Hall–Kier alpha value is -1.36. The van der Waals surface area contributed by atoms with Crippen molar-refractivity contribution >= 4 is 16.3 Å². The summed E-state index contributed by atoms with van der Waals surface area (Å²) in [6.07, 6.45) is 8.28. The zero-order valence-corrected chi connectivity index (χ0v) is 9.13. The van der Waals surface area contributed by atoms with Gasteiger partial charge in [0.1, 0.15) is 11.3 Å². The number of nitrogens with zero attached hydrogens (tertiary/aromatic N) is 3. The van der Waals surface area contributed by atoms with Crippen molar-refractivity contribution in [2.75, 3.05) is 5.73 Å². The standard InChI is InChI=1S/C10H12N4S/c11-9-5-12-10(15-9)14-6-13-7-3-1-2-4-8(7)14/h5-6H,1-4,11H2. The molecule has 0 unspecified atom stereocenters. The lowest BCUT2D eigenvalue weighted by Crippen LogP contribution is -2.06. The van der Waals surface area contributed by atoms with Gasteiger partial charge in [-0.2, -0.15) is 0 Å². The summed E-state index contributed by atoms with van der Waals surface area (Å²) >= 11 is 1.51. The largest absolute Gasteiger partial charge is 0.389 e. The normalized spacial score (nSPS) is 15.2. The van der Waals surface area contributed by atoms with Gasteiger partial charge in [0, 0.05) is 5.69 Å². The van der Waals surface area contributed by atoms with E-state index in [0.717, 1.165) is 23.0 Å². The minimum Gasteiger partial charge on any atom is -0.389 e. The molecule has 0 saturated carbocycles. The Morgan fingerprint density at radius 3 is 2.93 bits per heavy atom. The fourth-order valence-electron chi connectivity index (χ4n) is 2.02. The van der Waals surface area contributed by atoms with Crippen molar-refractivity contribution in [3.05, 3.63) is 23.9 Å². The summed E-state index contributed by atoms with van der Waals surface area (Å²) < 4.78 is 2.08. The second kappa shape index (κ2) is 3.34. The van der Waals surface area contributed by atoms with Crippen LogP contribution in [0.2, 0.25) is 0 Å². The highest BCUT2D eigenvalue weighted by Crippen LogP contribution is 2.26. The van der Waals surface area contributed by atoms with Crippen LogP contribution in [0.5, 0.6) is 0 Å². The van der Waals surface area contributed by atoms with Crippen LogP contribution in [0, 0.1) is 0 Å². The zero-order valence-electron chi connectivity index (χ0n) is 8.31. The lowest BCUT2D eigenvalue weighted by molar-refractivity contribution is 0.655. The van der Waals surface area contributed by atoms with E-state index < -0.39 is 0 Å². The second-order valence-corrected chi connectivity index (χ2v) is 4.80. The van der Waals surface area contributed by atoms with Gasteiger partial charge < -0.3 is 5.73 Å². The van der Waals surface area contributed by atoms with Crippen molar-refractivity contribution in [2.45, 2.75) is 25.7 Å². The maximum absolute atomic E-state index is 5.68. The number of anilines is 1. The predicted octanol–water partition coefficient (Wildman–Crippen LogP) is 1.79. The van der Waals surface area contributed by atoms with E-state index >= 15 is 0 Å². The number of nitrogen functional groups attached to an aromatic ring is 1. The number of aromatic nitrogens is 3. The number of imidazole rings is 1. The lowest BCUT2D eigenvalue weighted by Gasteiger charge is -2.11. The molecule has 0 fully saturated rings. The van der Waals surface area contributed by atoms with Gasteiger partial charge in [0.2, 0.25) is 0 Å². The van der Waals surface area contributed by atoms with E-state index in [-0.39, 0.29) is 0 Å². The van der Waals surface area contributed by atoms with Crippen LogP contribution < -0.4 is 5.73 Å². The summed E-state index contributed by atoms with van der Waals surface area (Å²) in [5.74, 6) is 0. The Kier molecular flexibility index (Phi) is 1.98. The first-order chi connectivity index (χ1) is 7.34. The number of aryl methyl sites for hydroxylation is 1. The molecule has 4 nitrogen and oxygen atoms in total. The molecule has 2 heterocycles. The number of hydrogen-bond donors (Lipinski definition) is 1. The van der Waals surface area contributed by atoms with E-state index in [1.165, 1.54) is 35.6 Å². The summed E-state index contributed by atoms with van der Waals surface area (Å²) in [4.78, 5) is 8.71. The molecule has 2 aromatic rings. The Morgan fingerprint density at radius 2 is 2.13 bits per heavy atom. The molecular formula is C10H12N4S. The van der Waals surface area contributed by atoms with E-state index in [4.69, 9.17) is 5.73 Å². The van der Waals surface area contributed by atoms with E-state index in [2.05, 4.69) is 14.5 Å². The van der Waals surface area contributed by atoms with Crippen molar-refractivity contribution in [1.82, 2.24) is 14.5 Å². The van der Waals surface area contributed by atoms with Crippen LogP contribution in [-0.4, -0.2) is 14.5 Å². The lowest BCUT2D eigenvalue weighted by atomic mass is 10.0. The van der Waals surface area contributed by atoms with Gasteiger partial charge in [-0.3, -0.25) is 4.57 Å². The van der Waals surface area contributed by atoms with E-state index in [1.807, 2.05) is 6.33 Å². The Bertz CT molecular complexity index is 485. The first-order valence-corrected chi connectivity index (χ1v) is 5.93. The summed E-state index contributed by atoms with van der Waals surface area (Å²) in [5.41, 5.74) is 8.23. The van der Waals surface area contributed by atoms with Gasteiger partial charge in [0.05, 0.1) is 11.9 Å². The van der Waals surface area contributed by atoms with E-state index in [9.17, 15) is 0 Å². The third kappa shape index (κ3) is 1.43. The third-order valence-corrected chi connectivity index (χ3v) is 3.57. The Labute approximate surface area is 91.8 Å². The average Bonchev–Trinajstić information content (AvgIpc) is 2.83. The molecule has 0 amide bonds. The second-order valence-electron chi connectivity index (χ2n) is 3.76. The number of rotatable bonds is 1. The Balaban J connectivity index is 2.08. The molecule has 0 bridgehead atoms. The van der Waals surface area contributed by atoms with Crippen molar-refractivity contribution in [3.63, 3.8) is 0 Å². The molecule has 1 aliphatic rings. The van der Waals surface area contributed by atoms with Gasteiger partial charge in [-0.15, -0.1) is 0 Å². The third-order valence-electron chi connectivity index (χ3n) is 2.75. The summed E-state index contributed by atoms with van der Waals surface area (Å²) in [6, 6.07) is 0. The van der Waals surface area contributed by atoms with Crippen LogP contribution in [0.15, 0.2) is 12.5 Å². The molecule has 1 aliphatic carbocycles. The quantitative estimate of drug-likeness (QED) is 0.797. The summed E-state index contributed by atoms with van der Waals surface area (Å²) in [5, 5.41) is 1.69. The van der Waals surface area contributed by atoms with Crippen LogP contribution >= 0.6 is 11.3 Å². The maximum atomic E-state index is 5.68. The topological polar surface area (TPSA) is 56.7 Å². The summed E-state index contributed by atoms with van der Waals surface area (Å²) in [6.45, 7) is 0. The SMILES string of the molecule is Nc1cnc(-n2cnc3c2CCCC3)s1. The van der Waals surface area contributed by atoms with Gasteiger partial charge >= 0.3 is 0 Å². The van der Waals surface area contributed by atoms with Gasteiger partial charge in [-0.25, -0.2) is 9.97 Å². The van der Waals surface area contributed by atoms with Crippen molar-refractivity contribution in [3.8, 4) is 5.13 Å². The molecule has 5 heteroatoms. The molecule has 3 rings (SSSR count). The monoisotopic (exact) mass is 220 g/mol. The van der Waals surface area contributed by atoms with Crippen molar-refractivity contribution in [2.24, 2.45) is 0 Å². The first-order valence-electron chi connectivity index (χ1n) is 5.11.